The number of nitrogens with two attached hydrogens (primary N) is 1. The van der Waals surface area contributed by atoms with E-state index in [1.165, 1.54) is 0 Å². The second-order valence-electron chi connectivity index (χ2n) is 7.42. The number of rotatable bonds is 5. The van der Waals surface area contributed by atoms with E-state index in [1.807, 2.05) is 54.6 Å². The van der Waals surface area contributed by atoms with Crippen LogP contribution in [0.15, 0.2) is 42.5 Å². The van der Waals surface area contributed by atoms with Crippen molar-refractivity contribution in [3.63, 3.8) is 0 Å². The fraction of sp³-hybridized carbons (Fsp3) is 0.304. The Bertz CT molecular complexity index is 1040. The third-order valence-corrected chi connectivity index (χ3v) is 5.96. The molecule has 0 radical (unpaired) electrons. The number of hydrogen-bond donors (Lipinski definition) is 2. The summed E-state index contributed by atoms with van der Waals surface area (Å²) >= 11 is 6.28. The second-order valence-corrected chi connectivity index (χ2v) is 7.83. The number of nitrogens with zero attached hydrogens (tertiary/aromatic N) is 2. The van der Waals surface area contributed by atoms with Gasteiger partial charge in [-0.25, -0.2) is 9.97 Å². The summed E-state index contributed by atoms with van der Waals surface area (Å²) in [5.74, 6) is 7.52. The smallest absolute Gasteiger partial charge is 0.152 e. The molecule has 166 valence electrons. The van der Waals surface area contributed by atoms with Crippen LogP contribution in [0.25, 0.3) is 23.1 Å². The molecule has 1 saturated carbocycles. The van der Waals surface area contributed by atoms with Crippen LogP contribution in [0.1, 0.15) is 48.7 Å². The minimum atomic E-state index is 0. The van der Waals surface area contributed by atoms with E-state index in [2.05, 4.69) is 5.43 Å². The van der Waals surface area contributed by atoms with Crippen LogP contribution < -0.4 is 16.0 Å². The molecule has 4 rings (SSSR count). The number of methoxy groups -OCH3 is 1. The summed E-state index contributed by atoms with van der Waals surface area (Å²) in [6, 6.07) is 14.1. The van der Waals surface area contributed by atoms with Crippen molar-refractivity contribution in [3.8, 4) is 5.75 Å². The number of halogens is 3. The predicted molar refractivity (Wildman–Crippen MR) is 133 cm³/mol. The molecule has 0 amide bonds. The zero-order valence-corrected chi connectivity index (χ0v) is 19.6. The Balaban J connectivity index is 0.00000171. The van der Waals surface area contributed by atoms with Crippen molar-refractivity contribution in [1.82, 2.24) is 15.4 Å². The van der Waals surface area contributed by atoms with E-state index in [0.717, 1.165) is 53.6 Å². The van der Waals surface area contributed by atoms with Gasteiger partial charge in [0.2, 0.25) is 0 Å². The molecule has 0 atom stereocenters. The third-order valence-electron chi connectivity index (χ3n) is 5.62. The Labute approximate surface area is 200 Å². The van der Waals surface area contributed by atoms with Crippen LogP contribution in [0, 0.1) is 0 Å². The van der Waals surface area contributed by atoms with Crippen LogP contribution in [0.4, 0.5) is 0 Å². The van der Waals surface area contributed by atoms with Gasteiger partial charge in [-0.1, -0.05) is 29.8 Å². The van der Waals surface area contributed by atoms with E-state index in [-0.39, 0.29) is 24.8 Å². The molecular weight excluding hydrogens is 455 g/mol. The molecular formula is C23H27Cl3N4O. The zero-order valence-electron chi connectivity index (χ0n) is 17.3. The van der Waals surface area contributed by atoms with Gasteiger partial charge in [-0.2, -0.15) is 0 Å². The van der Waals surface area contributed by atoms with Gasteiger partial charge in [0.05, 0.1) is 18.3 Å². The molecule has 0 unspecified atom stereocenters. The lowest BCUT2D eigenvalue weighted by Gasteiger charge is -2.28. The normalized spacial score (nSPS) is 18.4. The minimum absolute atomic E-state index is 0. The van der Waals surface area contributed by atoms with Gasteiger partial charge in [0.1, 0.15) is 5.75 Å². The summed E-state index contributed by atoms with van der Waals surface area (Å²) in [5.41, 5.74) is 5.87. The maximum Gasteiger partial charge on any atom is 0.152 e. The van der Waals surface area contributed by atoms with Crippen LogP contribution >= 0.6 is 36.4 Å². The molecule has 2 aromatic carbocycles. The predicted octanol–water partition coefficient (Wildman–Crippen LogP) is 5.80. The summed E-state index contributed by atoms with van der Waals surface area (Å²) in [6.07, 6.45) is 8.08. The van der Waals surface area contributed by atoms with E-state index in [0.29, 0.717) is 22.8 Å². The summed E-state index contributed by atoms with van der Waals surface area (Å²) in [7, 11) is 1.68. The molecule has 1 aliphatic carbocycles. The van der Waals surface area contributed by atoms with Gasteiger partial charge in [0.15, 0.2) is 5.82 Å². The van der Waals surface area contributed by atoms with Crippen molar-refractivity contribution in [2.24, 2.45) is 5.84 Å². The number of fused-ring (bicyclic) bond motifs is 1. The van der Waals surface area contributed by atoms with Gasteiger partial charge in [-0.05, 0) is 67.7 Å². The molecule has 0 spiro atoms. The first-order valence-corrected chi connectivity index (χ1v) is 10.3. The fourth-order valence-electron chi connectivity index (χ4n) is 3.97. The lowest BCUT2D eigenvalue weighted by atomic mass is 9.83. The van der Waals surface area contributed by atoms with Crippen molar-refractivity contribution in [2.45, 2.75) is 37.6 Å². The number of hydrogen-bond acceptors (Lipinski definition) is 5. The van der Waals surface area contributed by atoms with Gasteiger partial charge in [0, 0.05) is 22.4 Å². The first-order valence-electron chi connectivity index (χ1n) is 9.92. The van der Waals surface area contributed by atoms with E-state index >= 15 is 0 Å². The molecule has 1 heterocycles. The van der Waals surface area contributed by atoms with E-state index < -0.39 is 0 Å². The number of aromatic nitrogens is 2. The van der Waals surface area contributed by atoms with Crippen molar-refractivity contribution in [3.05, 3.63) is 64.6 Å². The molecule has 31 heavy (non-hydrogen) atoms. The van der Waals surface area contributed by atoms with Crippen LogP contribution in [-0.2, 0) is 0 Å². The highest BCUT2D eigenvalue weighted by molar-refractivity contribution is 6.32. The maximum absolute atomic E-state index is 6.28. The second kappa shape index (κ2) is 11.7. The van der Waals surface area contributed by atoms with Gasteiger partial charge in [-0.3, -0.25) is 11.3 Å². The van der Waals surface area contributed by atoms with E-state index in [4.69, 9.17) is 32.1 Å². The highest BCUT2D eigenvalue weighted by Gasteiger charge is 2.25. The maximum atomic E-state index is 6.28. The molecule has 0 aliphatic heterocycles. The first kappa shape index (κ1) is 25.4. The average Bonchev–Trinajstić information content (AvgIpc) is 2.77. The summed E-state index contributed by atoms with van der Waals surface area (Å²) in [6.45, 7) is 0. The SMILES string of the molecule is COc1ccc2nc(C=Cc3ccccc3Cl)nc(C3CCC(NN)CC3)c2c1.Cl.Cl. The Morgan fingerprint density at radius 3 is 2.45 bits per heavy atom. The van der Waals surface area contributed by atoms with Crippen LogP contribution in [0.3, 0.4) is 0 Å². The Morgan fingerprint density at radius 1 is 1.03 bits per heavy atom. The van der Waals surface area contributed by atoms with Crippen molar-refractivity contribution in [2.75, 3.05) is 7.11 Å². The number of nitrogens with one attached hydrogen (secondary N) is 1. The van der Waals surface area contributed by atoms with Gasteiger partial charge >= 0.3 is 0 Å². The van der Waals surface area contributed by atoms with Crippen molar-refractivity contribution >= 4 is 59.5 Å². The molecule has 3 aromatic rings. The first-order chi connectivity index (χ1) is 14.2. The fourth-order valence-corrected chi connectivity index (χ4v) is 4.17. The van der Waals surface area contributed by atoms with Crippen molar-refractivity contribution < 1.29 is 4.74 Å². The lowest BCUT2D eigenvalue weighted by molar-refractivity contribution is 0.344. The monoisotopic (exact) mass is 480 g/mol. The van der Waals surface area contributed by atoms with Gasteiger partial charge in [0.25, 0.3) is 0 Å². The van der Waals surface area contributed by atoms with E-state index in [1.54, 1.807) is 7.11 Å². The lowest BCUT2D eigenvalue weighted by Crippen LogP contribution is -2.37. The molecule has 1 aliphatic rings. The van der Waals surface area contributed by atoms with Gasteiger partial charge < -0.3 is 4.74 Å². The van der Waals surface area contributed by atoms with Crippen LogP contribution in [0.5, 0.6) is 5.75 Å². The topological polar surface area (TPSA) is 73.1 Å². The Hall–Kier alpha value is -1.89. The average molecular weight is 482 g/mol. The quantitative estimate of drug-likeness (QED) is 0.356. The van der Waals surface area contributed by atoms with E-state index in [9.17, 15) is 0 Å². The molecule has 3 N–H and O–H groups in total. The molecule has 0 bridgehead atoms. The highest BCUT2D eigenvalue weighted by Crippen LogP contribution is 2.36. The Kier molecular flexibility index (Phi) is 9.54. The Morgan fingerprint density at radius 2 is 1.77 bits per heavy atom. The largest absolute Gasteiger partial charge is 0.497 e. The molecule has 1 aromatic heterocycles. The highest BCUT2D eigenvalue weighted by atomic mass is 35.5. The third kappa shape index (κ3) is 5.88. The van der Waals surface area contributed by atoms with Crippen LogP contribution in [0.2, 0.25) is 5.02 Å². The van der Waals surface area contributed by atoms with Gasteiger partial charge in [-0.15, -0.1) is 24.8 Å². The number of benzene rings is 2. The van der Waals surface area contributed by atoms with Crippen molar-refractivity contribution in [1.29, 1.82) is 0 Å². The number of ether oxygens (including phenoxy) is 1. The minimum Gasteiger partial charge on any atom is -0.497 e. The molecule has 8 heteroatoms. The summed E-state index contributed by atoms with van der Waals surface area (Å²) in [5, 5.41) is 1.77. The summed E-state index contributed by atoms with van der Waals surface area (Å²) < 4.78 is 5.44. The zero-order chi connectivity index (χ0) is 20.2. The molecule has 5 nitrogen and oxygen atoms in total. The van der Waals surface area contributed by atoms with Crippen LogP contribution in [-0.4, -0.2) is 23.1 Å². The molecule has 1 fully saturated rings. The summed E-state index contributed by atoms with van der Waals surface area (Å²) in [4.78, 5) is 9.70. The standard InChI is InChI=1S/C23H25ClN4O.2ClH/c1-29-18-11-12-21-19(14-18)23(16-6-9-17(28-25)10-7-16)27-22(26-21)13-8-15-4-2-3-5-20(15)24;;/h2-5,8,11-14,16-17,28H,6-7,9-10,25H2,1H3;2*1H. The molecule has 0 saturated heterocycles. The number of hydrazine groups is 1.